The van der Waals surface area contributed by atoms with Crippen LogP contribution in [-0.2, 0) is 17.4 Å². The molecule has 0 aliphatic heterocycles. The van der Waals surface area contributed by atoms with Crippen LogP contribution in [-0.4, -0.2) is 11.1 Å². The largest absolute Gasteiger partial charge is 0.481 e. The predicted molar refractivity (Wildman–Crippen MR) is 59.5 cm³/mol. The van der Waals surface area contributed by atoms with E-state index in [1.165, 1.54) is 12.1 Å². The zero-order chi connectivity index (χ0) is 13.6. The van der Waals surface area contributed by atoms with Gasteiger partial charge < -0.3 is 5.11 Å². The molecule has 0 amide bonds. The van der Waals surface area contributed by atoms with Gasteiger partial charge in [-0.25, -0.2) is 0 Å². The van der Waals surface area contributed by atoms with Gasteiger partial charge in [-0.3, -0.25) is 4.79 Å². The van der Waals surface area contributed by atoms with Crippen molar-refractivity contribution in [1.82, 2.24) is 0 Å². The molecule has 1 aliphatic carbocycles. The van der Waals surface area contributed by atoms with Gasteiger partial charge in [0.05, 0.1) is 11.0 Å². The summed E-state index contributed by atoms with van der Waals surface area (Å²) in [5.74, 6) is -1.04. The fraction of sp³-hybridized carbons (Fsp3) is 0.417. The number of carboxylic acids is 1. The van der Waals surface area contributed by atoms with E-state index in [-0.39, 0.29) is 17.0 Å². The van der Waals surface area contributed by atoms with E-state index in [1.54, 1.807) is 0 Å². The Balaban J connectivity index is 2.37. The summed E-state index contributed by atoms with van der Waals surface area (Å²) in [6.07, 6.45) is -3.78. The molecule has 2 rings (SSSR count). The highest BCUT2D eigenvalue weighted by Gasteiger charge is 2.51. The van der Waals surface area contributed by atoms with Crippen LogP contribution in [0.25, 0.3) is 0 Å². The van der Waals surface area contributed by atoms with Crippen molar-refractivity contribution in [2.45, 2.75) is 25.4 Å². The molecule has 2 nitrogen and oxygen atoms in total. The van der Waals surface area contributed by atoms with E-state index in [4.69, 9.17) is 16.7 Å². The number of benzene rings is 1. The molecule has 0 bridgehead atoms. The molecule has 18 heavy (non-hydrogen) atoms. The van der Waals surface area contributed by atoms with Gasteiger partial charge in [0.25, 0.3) is 0 Å². The minimum absolute atomic E-state index is 0.00759. The van der Waals surface area contributed by atoms with Gasteiger partial charge in [-0.15, -0.1) is 0 Å². The summed E-state index contributed by atoms with van der Waals surface area (Å²) in [5, 5.41) is 9.00. The molecular formula is C12H10ClF3O2. The highest BCUT2D eigenvalue weighted by atomic mass is 35.5. The summed E-state index contributed by atoms with van der Waals surface area (Å²) in [6.45, 7) is 0. The first-order chi connectivity index (χ1) is 8.24. The van der Waals surface area contributed by atoms with Crippen LogP contribution in [0, 0.1) is 5.41 Å². The first-order valence-corrected chi connectivity index (χ1v) is 5.71. The van der Waals surface area contributed by atoms with Crippen molar-refractivity contribution in [1.29, 1.82) is 0 Å². The van der Waals surface area contributed by atoms with Gasteiger partial charge >= 0.3 is 12.1 Å². The molecular weight excluding hydrogens is 269 g/mol. The number of halogens is 4. The molecule has 0 atom stereocenters. The standard InChI is InChI=1S/C12H10ClF3O2/c13-8-2-1-7(9(5-8)12(14,15)16)6-11(3-4-11)10(17)18/h1-2,5H,3-4,6H2,(H,17,18). The molecule has 0 saturated heterocycles. The smallest absolute Gasteiger partial charge is 0.416 e. The van der Waals surface area contributed by atoms with Gasteiger partial charge in [0.2, 0.25) is 0 Å². The number of alkyl halides is 3. The summed E-state index contributed by atoms with van der Waals surface area (Å²) in [6, 6.07) is 3.45. The molecule has 1 aromatic carbocycles. The van der Waals surface area contributed by atoms with Crippen LogP contribution in [0.2, 0.25) is 5.02 Å². The normalized spacial score (nSPS) is 17.6. The maximum absolute atomic E-state index is 12.8. The van der Waals surface area contributed by atoms with Crippen LogP contribution in [0.15, 0.2) is 18.2 Å². The Kier molecular flexibility index (Phi) is 3.05. The number of carboxylic acid groups (broad SMARTS) is 1. The highest BCUT2D eigenvalue weighted by Crippen LogP contribution is 2.50. The first-order valence-electron chi connectivity index (χ1n) is 5.34. The van der Waals surface area contributed by atoms with E-state index in [9.17, 15) is 18.0 Å². The van der Waals surface area contributed by atoms with Crippen molar-refractivity contribution in [3.63, 3.8) is 0 Å². The van der Waals surface area contributed by atoms with Crippen molar-refractivity contribution in [3.05, 3.63) is 34.3 Å². The molecule has 0 unspecified atom stereocenters. The van der Waals surface area contributed by atoms with Crippen LogP contribution < -0.4 is 0 Å². The van der Waals surface area contributed by atoms with Crippen molar-refractivity contribution in [3.8, 4) is 0 Å². The molecule has 1 aromatic rings. The van der Waals surface area contributed by atoms with Crippen molar-refractivity contribution >= 4 is 17.6 Å². The van der Waals surface area contributed by atoms with E-state index in [0.29, 0.717) is 12.8 Å². The van der Waals surface area contributed by atoms with Gasteiger partial charge in [0, 0.05) is 5.02 Å². The third-order valence-electron chi connectivity index (χ3n) is 3.21. The molecule has 0 aromatic heterocycles. The van der Waals surface area contributed by atoms with E-state index in [2.05, 4.69) is 0 Å². The lowest BCUT2D eigenvalue weighted by molar-refractivity contribution is -0.144. The molecule has 1 aliphatic rings. The zero-order valence-corrected chi connectivity index (χ0v) is 9.98. The lowest BCUT2D eigenvalue weighted by Crippen LogP contribution is -2.20. The average Bonchev–Trinajstić information content (AvgIpc) is 3.00. The van der Waals surface area contributed by atoms with Crippen molar-refractivity contribution in [2.24, 2.45) is 5.41 Å². The number of aliphatic carboxylic acids is 1. The van der Waals surface area contributed by atoms with E-state index >= 15 is 0 Å². The number of rotatable bonds is 3. The summed E-state index contributed by atoms with van der Waals surface area (Å²) in [7, 11) is 0. The third kappa shape index (κ3) is 2.46. The predicted octanol–water partition coefficient (Wildman–Crippen LogP) is 3.77. The van der Waals surface area contributed by atoms with Crippen LogP contribution in [0.3, 0.4) is 0 Å². The Bertz CT molecular complexity index is 493. The second-order valence-electron chi connectivity index (χ2n) is 4.56. The van der Waals surface area contributed by atoms with Gasteiger partial charge in [0.1, 0.15) is 0 Å². The molecule has 1 N–H and O–H groups in total. The first kappa shape index (κ1) is 13.2. The number of hydrogen-bond donors (Lipinski definition) is 1. The summed E-state index contributed by atoms with van der Waals surface area (Å²) >= 11 is 5.56. The molecule has 0 radical (unpaired) electrons. The van der Waals surface area contributed by atoms with Gasteiger partial charge in [-0.1, -0.05) is 17.7 Å². The Morgan fingerprint density at radius 3 is 2.44 bits per heavy atom. The average molecular weight is 279 g/mol. The number of hydrogen-bond acceptors (Lipinski definition) is 1. The third-order valence-corrected chi connectivity index (χ3v) is 3.45. The summed E-state index contributed by atoms with van der Waals surface area (Å²) in [5.41, 5.74) is -1.87. The van der Waals surface area contributed by atoms with Crippen LogP contribution in [0.5, 0.6) is 0 Å². The van der Waals surface area contributed by atoms with Crippen molar-refractivity contribution in [2.75, 3.05) is 0 Å². The SMILES string of the molecule is O=C(O)C1(Cc2ccc(Cl)cc2C(F)(F)F)CC1. The maximum atomic E-state index is 12.8. The Morgan fingerprint density at radius 2 is 2.00 bits per heavy atom. The zero-order valence-electron chi connectivity index (χ0n) is 9.22. The summed E-state index contributed by atoms with van der Waals surface area (Å²) < 4.78 is 38.5. The minimum atomic E-state index is -4.52. The van der Waals surface area contributed by atoms with Gasteiger partial charge in [0.15, 0.2) is 0 Å². The Morgan fingerprint density at radius 1 is 1.39 bits per heavy atom. The lowest BCUT2D eigenvalue weighted by atomic mass is 9.93. The molecule has 0 heterocycles. The fourth-order valence-corrected chi connectivity index (χ4v) is 2.12. The quantitative estimate of drug-likeness (QED) is 0.914. The van der Waals surface area contributed by atoms with Crippen LogP contribution >= 0.6 is 11.6 Å². The van der Waals surface area contributed by atoms with Crippen molar-refractivity contribution < 1.29 is 23.1 Å². The van der Waals surface area contributed by atoms with E-state index in [1.807, 2.05) is 0 Å². The van der Waals surface area contributed by atoms with Crippen LogP contribution in [0.4, 0.5) is 13.2 Å². The molecule has 0 spiro atoms. The maximum Gasteiger partial charge on any atom is 0.416 e. The fourth-order valence-electron chi connectivity index (χ4n) is 1.95. The Labute approximate surface area is 106 Å². The minimum Gasteiger partial charge on any atom is -0.481 e. The van der Waals surface area contributed by atoms with Gasteiger partial charge in [-0.2, -0.15) is 13.2 Å². The molecule has 98 valence electrons. The topological polar surface area (TPSA) is 37.3 Å². The highest BCUT2D eigenvalue weighted by molar-refractivity contribution is 6.30. The molecule has 1 fully saturated rings. The van der Waals surface area contributed by atoms with Gasteiger partial charge in [-0.05, 0) is 37.0 Å². The second kappa shape index (κ2) is 4.16. The number of carbonyl (C=O) groups is 1. The molecule has 1 saturated carbocycles. The van der Waals surface area contributed by atoms with E-state index in [0.717, 1.165) is 6.07 Å². The second-order valence-corrected chi connectivity index (χ2v) is 5.00. The molecule has 6 heteroatoms. The summed E-state index contributed by atoms with van der Waals surface area (Å²) in [4.78, 5) is 11.0. The van der Waals surface area contributed by atoms with E-state index < -0.39 is 23.1 Å². The lowest BCUT2D eigenvalue weighted by Gasteiger charge is -2.16. The van der Waals surface area contributed by atoms with Crippen LogP contribution in [0.1, 0.15) is 24.0 Å². The Hall–Kier alpha value is -1.23. The monoisotopic (exact) mass is 278 g/mol.